The van der Waals surface area contributed by atoms with Gasteiger partial charge in [-0.2, -0.15) is 0 Å². The molecular weight excluding hydrogens is 414 g/mol. The van der Waals surface area contributed by atoms with Crippen LogP contribution in [0.15, 0.2) is 52.1 Å². The number of H-pyrrole nitrogens is 1. The van der Waals surface area contributed by atoms with Crippen molar-refractivity contribution in [1.82, 2.24) is 15.2 Å². The van der Waals surface area contributed by atoms with Gasteiger partial charge in [-0.15, -0.1) is 0 Å². The summed E-state index contributed by atoms with van der Waals surface area (Å²) in [5.74, 6) is -0.430. The first-order valence-corrected chi connectivity index (χ1v) is 10.0. The summed E-state index contributed by atoms with van der Waals surface area (Å²) in [5.41, 5.74) is 1.99. The van der Waals surface area contributed by atoms with E-state index in [1.807, 2.05) is 24.4 Å². The van der Waals surface area contributed by atoms with Crippen LogP contribution in [0.3, 0.4) is 0 Å². The molecule has 0 saturated carbocycles. The predicted molar refractivity (Wildman–Crippen MR) is 111 cm³/mol. The number of furan rings is 1. The highest BCUT2D eigenvalue weighted by Gasteiger charge is 2.36. The van der Waals surface area contributed by atoms with Crippen molar-refractivity contribution in [2.75, 3.05) is 13.1 Å². The Labute approximate surface area is 175 Å². The molecule has 3 aromatic rings. The fourth-order valence-electron chi connectivity index (χ4n) is 3.03. The van der Waals surface area contributed by atoms with Gasteiger partial charge in [-0.3, -0.25) is 19.3 Å². The van der Waals surface area contributed by atoms with Crippen LogP contribution >= 0.6 is 23.4 Å². The lowest BCUT2D eigenvalue weighted by Gasteiger charge is -2.12. The number of aromatic amines is 1. The van der Waals surface area contributed by atoms with Crippen molar-refractivity contribution in [3.63, 3.8) is 0 Å². The van der Waals surface area contributed by atoms with Gasteiger partial charge in [0.2, 0.25) is 5.91 Å². The lowest BCUT2D eigenvalue weighted by molar-refractivity contribution is -0.129. The molecule has 148 valence electrons. The summed E-state index contributed by atoms with van der Waals surface area (Å²) in [5, 5.41) is 3.92. The van der Waals surface area contributed by atoms with Crippen molar-refractivity contribution < 1.29 is 18.8 Å². The summed E-state index contributed by atoms with van der Waals surface area (Å²) >= 11 is 6.83. The maximum atomic E-state index is 12.4. The number of halogens is 1. The zero-order valence-corrected chi connectivity index (χ0v) is 16.7. The van der Waals surface area contributed by atoms with Crippen LogP contribution in [0.1, 0.15) is 11.3 Å². The van der Waals surface area contributed by atoms with E-state index in [0.717, 1.165) is 33.1 Å². The number of imide groups is 1. The highest BCUT2D eigenvalue weighted by Crippen LogP contribution is 2.32. The summed E-state index contributed by atoms with van der Waals surface area (Å²) in [7, 11) is 0. The molecule has 0 radical (unpaired) electrons. The number of carbonyl (C=O) groups excluding carboxylic acids is 3. The molecule has 3 heterocycles. The van der Waals surface area contributed by atoms with Crippen LogP contribution in [0.4, 0.5) is 4.79 Å². The second kappa shape index (κ2) is 8.18. The van der Waals surface area contributed by atoms with E-state index in [-0.39, 0.29) is 11.4 Å². The molecular formula is C20H16ClN3O4S. The third-order valence-corrected chi connectivity index (χ3v) is 5.58. The van der Waals surface area contributed by atoms with Crippen LogP contribution < -0.4 is 5.32 Å². The van der Waals surface area contributed by atoms with Gasteiger partial charge in [-0.05, 0) is 54.1 Å². The van der Waals surface area contributed by atoms with Crippen LogP contribution in [0.25, 0.3) is 17.0 Å². The molecule has 1 saturated heterocycles. The van der Waals surface area contributed by atoms with Gasteiger partial charge in [-0.1, -0.05) is 11.6 Å². The average molecular weight is 430 g/mol. The van der Waals surface area contributed by atoms with Gasteiger partial charge in [0.05, 0.1) is 11.2 Å². The number of rotatable bonds is 6. The van der Waals surface area contributed by atoms with Crippen LogP contribution in [0.2, 0.25) is 5.02 Å². The van der Waals surface area contributed by atoms with E-state index in [2.05, 4.69) is 10.3 Å². The first-order valence-electron chi connectivity index (χ1n) is 8.82. The summed E-state index contributed by atoms with van der Waals surface area (Å²) < 4.78 is 5.16. The summed E-state index contributed by atoms with van der Waals surface area (Å²) in [6, 6.07) is 8.94. The number of thioether (sulfide) groups is 1. The smallest absolute Gasteiger partial charge is 0.294 e. The molecule has 29 heavy (non-hydrogen) atoms. The fraction of sp³-hybridized carbons (Fsp3) is 0.150. The van der Waals surface area contributed by atoms with Crippen LogP contribution in [-0.4, -0.2) is 40.0 Å². The van der Waals surface area contributed by atoms with Crippen molar-refractivity contribution in [3.05, 3.63) is 64.0 Å². The molecule has 1 aromatic carbocycles. The zero-order valence-electron chi connectivity index (χ0n) is 15.1. The molecule has 0 aliphatic carbocycles. The van der Waals surface area contributed by atoms with Crippen LogP contribution in [0, 0.1) is 0 Å². The first kappa shape index (κ1) is 19.4. The summed E-state index contributed by atoms with van der Waals surface area (Å²) in [6.45, 7) is 0.0522. The molecule has 0 bridgehead atoms. The minimum absolute atomic E-state index is 0.230. The Bertz CT molecular complexity index is 1120. The maximum absolute atomic E-state index is 12.4. The second-order valence-corrected chi connectivity index (χ2v) is 7.82. The number of amides is 3. The second-order valence-electron chi connectivity index (χ2n) is 6.39. The molecule has 2 aromatic heterocycles. The molecule has 0 unspecified atom stereocenters. The normalized spacial score (nSPS) is 15.6. The third kappa shape index (κ3) is 4.23. The number of aromatic nitrogens is 1. The van der Waals surface area contributed by atoms with E-state index in [1.54, 1.807) is 12.1 Å². The maximum Gasteiger partial charge on any atom is 0.294 e. The monoisotopic (exact) mass is 429 g/mol. The quantitative estimate of drug-likeness (QED) is 0.581. The van der Waals surface area contributed by atoms with Crippen LogP contribution in [0.5, 0.6) is 0 Å². The zero-order chi connectivity index (χ0) is 20.4. The van der Waals surface area contributed by atoms with Gasteiger partial charge in [0.25, 0.3) is 11.1 Å². The number of hydrogen-bond donors (Lipinski definition) is 2. The molecule has 1 fully saturated rings. The highest BCUT2D eigenvalue weighted by molar-refractivity contribution is 8.18. The van der Waals surface area contributed by atoms with Crippen molar-refractivity contribution >= 4 is 57.4 Å². The Hall–Kier alpha value is -2.97. The Balaban J connectivity index is 1.33. The van der Waals surface area contributed by atoms with Crippen molar-refractivity contribution in [2.45, 2.75) is 6.42 Å². The Kier molecular flexibility index (Phi) is 5.46. The van der Waals surface area contributed by atoms with E-state index in [0.29, 0.717) is 23.7 Å². The number of carbonyl (C=O) groups is 3. The van der Waals surface area contributed by atoms with E-state index in [1.165, 1.54) is 12.3 Å². The lowest BCUT2D eigenvalue weighted by atomic mass is 10.1. The molecule has 4 rings (SSSR count). The van der Waals surface area contributed by atoms with E-state index in [9.17, 15) is 14.4 Å². The molecule has 7 nitrogen and oxygen atoms in total. The van der Waals surface area contributed by atoms with Crippen molar-refractivity contribution in [1.29, 1.82) is 0 Å². The molecule has 3 amide bonds. The number of fused-ring (bicyclic) bond motifs is 1. The lowest BCUT2D eigenvalue weighted by Crippen LogP contribution is -2.40. The van der Waals surface area contributed by atoms with E-state index in [4.69, 9.17) is 16.0 Å². The van der Waals surface area contributed by atoms with Gasteiger partial charge >= 0.3 is 0 Å². The molecule has 9 heteroatoms. The number of nitrogens with zero attached hydrogens (tertiary/aromatic N) is 1. The molecule has 0 atom stereocenters. The topological polar surface area (TPSA) is 95.4 Å². The minimum Gasteiger partial charge on any atom is -0.465 e. The SMILES string of the molecule is O=C(CN1C(=O)S/C(=C\c2ccco2)C1=O)NCCc1c[nH]c2ccc(Cl)cc12. The van der Waals surface area contributed by atoms with Crippen molar-refractivity contribution in [2.24, 2.45) is 0 Å². The van der Waals surface area contributed by atoms with Gasteiger partial charge in [0, 0.05) is 34.7 Å². The van der Waals surface area contributed by atoms with Gasteiger partial charge in [0.15, 0.2) is 0 Å². The van der Waals surface area contributed by atoms with Gasteiger partial charge in [-0.25, -0.2) is 0 Å². The summed E-state index contributed by atoms with van der Waals surface area (Å²) in [6.07, 6.45) is 5.44. The van der Waals surface area contributed by atoms with E-state index < -0.39 is 17.1 Å². The predicted octanol–water partition coefficient (Wildman–Crippen LogP) is 3.81. The Morgan fingerprint density at radius 1 is 1.31 bits per heavy atom. The van der Waals surface area contributed by atoms with Gasteiger partial charge < -0.3 is 14.7 Å². The van der Waals surface area contributed by atoms with Crippen LogP contribution in [-0.2, 0) is 16.0 Å². The highest BCUT2D eigenvalue weighted by atomic mass is 35.5. The van der Waals surface area contributed by atoms with Crippen molar-refractivity contribution in [3.8, 4) is 0 Å². The Morgan fingerprint density at radius 3 is 2.97 bits per heavy atom. The molecule has 2 N–H and O–H groups in total. The number of hydrogen-bond acceptors (Lipinski definition) is 5. The fourth-order valence-corrected chi connectivity index (χ4v) is 4.02. The average Bonchev–Trinajstić information content (AvgIpc) is 3.40. The third-order valence-electron chi connectivity index (χ3n) is 4.44. The molecule has 1 aliphatic rings. The van der Waals surface area contributed by atoms with E-state index >= 15 is 0 Å². The van der Waals surface area contributed by atoms with Gasteiger partial charge in [0.1, 0.15) is 12.3 Å². The first-order chi connectivity index (χ1) is 14.0. The molecule has 1 aliphatic heterocycles. The number of nitrogens with one attached hydrogen (secondary N) is 2. The molecule has 0 spiro atoms. The Morgan fingerprint density at radius 2 is 2.17 bits per heavy atom. The number of benzene rings is 1. The largest absolute Gasteiger partial charge is 0.465 e. The summed E-state index contributed by atoms with van der Waals surface area (Å²) in [4.78, 5) is 41.0. The standard InChI is InChI=1S/C20H16ClN3O4S/c21-13-3-4-16-15(8-13)12(10-23-16)5-6-22-18(25)11-24-19(26)17(29-20(24)27)9-14-2-1-7-28-14/h1-4,7-10,23H,5-6,11H2,(H,22,25)/b17-9-. The minimum atomic E-state index is -0.502.